The summed E-state index contributed by atoms with van der Waals surface area (Å²) in [5, 5.41) is 14.1. The molecule has 2 aromatic carbocycles. The van der Waals surface area contributed by atoms with Crippen LogP contribution in [0.4, 0.5) is 17.1 Å². The van der Waals surface area contributed by atoms with Crippen LogP contribution >= 0.6 is 0 Å². The zero-order valence-electron chi connectivity index (χ0n) is 18.0. The molecule has 0 radical (unpaired) electrons. The van der Waals surface area contributed by atoms with E-state index in [-0.39, 0.29) is 23.6 Å². The second-order valence-electron chi connectivity index (χ2n) is 7.70. The first kappa shape index (κ1) is 22.9. The number of hydrogen-bond acceptors (Lipinski definition) is 7. The summed E-state index contributed by atoms with van der Waals surface area (Å²) in [5.74, 6) is 0.0442. The van der Waals surface area contributed by atoms with Gasteiger partial charge in [-0.2, -0.15) is 0 Å². The number of amides is 2. The van der Waals surface area contributed by atoms with Gasteiger partial charge in [-0.1, -0.05) is 6.92 Å². The average molecular weight is 442 g/mol. The Hall–Kier alpha value is -3.82. The van der Waals surface area contributed by atoms with Crippen LogP contribution in [-0.4, -0.2) is 43.5 Å². The van der Waals surface area contributed by atoms with Gasteiger partial charge in [0.15, 0.2) is 18.1 Å². The van der Waals surface area contributed by atoms with Gasteiger partial charge in [-0.05, 0) is 37.0 Å². The molecule has 0 aliphatic carbocycles. The summed E-state index contributed by atoms with van der Waals surface area (Å²) >= 11 is 0. The molecule has 10 nitrogen and oxygen atoms in total. The minimum absolute atomic E-state index is 0.163. The second kappa shape index (κ2) is 9.99. The van der Waals surface area contributed by atoms with Crippen molar-refractivity contribution >= 4 is 28.9 Å². The van der Waals surface area contributed by atoms with Crippen LogP contribution in [0.2, 0.25) is 0 Å². The number of carbonyl (C=O) groups excluding carboxylic acids is 2. The molecule has 0 saturated carbocycles. The molecule has 0 spiro atoms. The van der Waals surface area contributed by atoms with Gasteiger partial charge in [0.1, 0.15) is 0 Å². The first-order valence-corrected chi connectivity index (χ1v) is 10.2. The second-order valence-corrected chi connectivity index (χ2v) is 7.70. The quantitative estimate of drug-likeness (QED) is 0.473. The molecular weight excluding hydrogens is 416 g/mol. The van der Waals surface area contributed by atoms with Gasteiger partial charge in [0.05, 0.1) is 23.3 Å². The van der Waals surface area contributed by atoms with Crippen LogP contribution in [0.15, 0.2) is 36.4 Å². The molecule has 3 rings (SSSR count). The predicted molar refractivity (Wildman–Crippen MR) is 119 cm³/mol. The van der Waals surface area contributed by atoms with Crippen molar-refractivity contribution in [3.8, 4) is 11.5 Å². The lowest BCUT2D eigenvalue weighted by molar-refractivity contribution is -0.384. The highest BCUT2D eigenvalue weighted by atomic mass is 16.6. The molecule has 0 aromatic heterocycles. The van der Waals surface area contributed by atoms with E-state index in [1.807, 2.05) is 0 Å². The highest BCUT2D eigenvalue weighted by molar-refractivity contribution is 6.08. The number of anilines is 2. The van der Waals surface area contributed by atoms with Crippen molar-refractivity contribution in [3.63, 3.8) is 0 Å². The standard InChI is InChI=1S/C22H26N4O6/c1-14-7-9-25(10-8-14)18-5-4-16(26(29)30)12-17(18)22(28)24-15-3-6-19(31-2)20(11-15)32-13-21(23)27/h3-6,11-12,14H,7-10,13H2,1-2H3,(H2,23,27)(H,24,28). The number of benzene rings is 2. The number of nitro benzene ring substituents is 1. The molecule has 2 amide bonds. The summed E-state index contributed by atoms with van der Waals surface area (Å²) in [6.07, 6.45) is 1.97. The number of nitrogens with two attached hydrogens (primary N) is 1. The topological polar surface area (TPSA) is 137 Å². The van der Waals surface area contributed by atoms with Crippen LogP contribution in [0.1, 0.15) is 30.1 Å². The normalized spacial score (nSPS) is 14.0. The predicted octanol–water partition coefficient (Wildman–Crippen LogP) is 2.96. The Kier molecular flexibility index (Phi) is 7.14. The number of primary amides is 1. The van der Waals surface area contributed by atoms with Crippen LogP contribution in [0.5, 0.6) is 11.5 Å². The largest absolute Gasteiger partial charge is 0.493 e. The summed E-state index contributed by atoms with van der Waals surface area (Å²) in [7, 11) is 1.44. The third kappa shape index (κ3) is 5.45. The van der Waals surface area contributed by atoms with Crippen LogP contribution in [0, 0.1) is 16.0 Å². The smallest absolute Gasteiger partial charge is 0.270 e. The molecule has 170 valence electrons. The summed E-state index contributed by atoms with van der Waals surface area (Å²) in [5.41, 5.74) is 6.20. The molecular formula is C22H26N4O6. The number of hydrogen-bond donors (Lipinski definition) is 2. The highest BCUT2D eigenvalue weighted by Crippen LogP contribution is 2.32. The van der Waals surface area contributed by atoms with E-state index in [0.717, 1.165) is 25.9 Å². The monoisotopic (exact) mass is 442 g/mol. The van der Waals surface area contributed by atoms with Gasteiger partial charge in [0.2, 0.25) is 0 Å². The zero-order chi connectivity index (χ0) is 23.3. The van der Waals surface area contributed by atoms with Crippen LogP contribution < -0.4 is 25.4 Å². The fourth-order valence-electron chi connectivity index (χ4n) is 3.56. The summed E-state index contributed by atoms with van der Waals surface area (Å²) in [6.45, 7) is 3.37. The fraction of sp³-hybridized carbons (Fsp3) is 0.364. The van der Waals surface area contributed by atoms with Crippen molar-refractivity contribution in [2.45, 2.75) is 19.8 Å². The van der Waals surface area contributed by atoms with Crippen molar-refractivity contribution in [1.82, 2.24) is 0 Å². The van der Waals surface area contributed by atoms with Gasteiger partial charge in [0, 0.05) is 37.0 Å². The van der Waals surface area contributed by atoms with E-state index >= 15 is 0 Å². The minimum Gasteiger partial charge on any atom is -0.493 e. The third-order valence-electron chi connectivity index (χ3n) is 5.35. The SMILES string of the molecule is COc1ccc(NC(=O)c2cc([N+](=O)[O-])ccc2N2CCC(C)CC2)cc1OCC(N)=O. The molecule has 32 heavy (non-hydrogen) atoms. The van der Waals surface area contributed by atoms with Gasteiger partial charge >= 0.3 is 0 Å². The molecule has 0 bridgehead atoms. The first-order valence-electron chi connectivity index (χ1n) is 10.2. The number of carbonyl (C=O) groups is 2. The summed E-state index contributed by atoms with van der Waals surface area (Å²) in [4.78, 5) is 37.0. The molecule has 2 aromatic rings. The van der Waals surface area contributed by atoms with Crippen LogP contribution in [-0.2, 0) is 4.79 Å². The minimum atomic E-state index is -0.654. The Morgan fingerprint density at radius 2 is 1.91 bits per heavy atom. The lowest BCUT2D eigenvalue weighted by Crippen LogP contribution is -2.34. The van der Waals surface area contributed by atoms with E-state index in [0.29, 0.717) is 23.0 Å². The Morgan fingerprint density at radius 3 is 2.53 bits per heavy atom. The lowest BCUT2D eigenvalue weighted by atomic mass is 9.98. The molecule has 1 aliphatic heterocycles. The van der Waals surface area contributed by atoms with Crippen LogP contribution in [0.3, 0.4) is 0 Å². The maximum atomic E-state index is 13.1. The molecule has 1 fully saturated rings. The van der Waals surface area contributed by atoms with Gasteiger partial charge in [0.25, 0.3) is 17.5 Å². The Balaban J connectivity index is 1.89. The number of non-ortho nitro benzene ring substituents is 1. The van der Waals surface area contributed by atoms with E-state index in [1.54, 1.807) is 18.2 Å². The Morgan fingerprint density at radius 1 is 1.19 bits per heavy atom. The van der Waals surface area contributed by atoms with Gasteiger partial charge < -0.3 is 25.4 Å². The number of nitrogens with one attached hydrogen (secondary N) is 1. The maximum absolute atomic E-state index is 13.1. The van der Waals surface area contributed by atoms with E-state index in [4.69, 9.17) is 15.2 Å². The van der Waals surface area contributed by atoms with Crippen molar-refractivity contribution in [3.05, 3.63) is 52.1 Å². The Bertz CT molecular complexity index is 1020. The van der Waals surface area contributed by atoms with Crippen molar-refractivity contribution in [2.75, 3.05) is 37.0 Å². The molecule has 1 saturated heterocycles. The van der Waals surface area contributed by atoms with Crippen molar-refractivity contribution in [1.29, 1.82) is 0 Å². The van der Waals surface area contributed by atoms with E-state index in [2.05, 4.69) is 17.1 Å². The van der Waals surface area contributed by atoms with Crippen molar-refractivity contribution in [2.24, 2.45) is 11.7 Å². The maximum Gasteiger partial charge on any atom is 0.270 e. The number of piperidine rings is 1. The van der Waals surface area contributed by atoms with Gasteiger partial charge in [-0.25, -0.2) is 0 Å². The van der Waals surface area contributed by atoms with Gasteiger partial charge in [-0.3, -0.25) is 19.7 Å². The molecule has 1 heterocycles. The molecule has 3 N–H and O–H groups in total. The summed E-state index contributed by atoms with van der Waals surface area (Å²) < 4.78 is 10.5. The molecule has 0 atom stereocenters. The number of nitro groups is 1. The molecule has 1 aliphatic rings. The highest BCUT2D eigenvalue weighted by Gasteiger charge is 2.24. The number of methoxy groups -OCH3 is 1. The molecule has 0 unspecified atom stereocenters. The van der Waals surface area contributed by atoms with E-state index < -0.39 is 16.7 Å². The lowest BCUT2D eigenvalue weighted by Gasteiger charge is -2.33. The zero-order valence-corrected chi connectivity index (χ0v) is 18.0. The third-order valence-corrected chi connectivity index (χ3v) is 5.35. The molecule has 10 heteroatoms. The fourth-order valence-corrected chi connectivity index (χ4v) is 3.56. The number of ether oxygens (including phenoxy) is 2. The van der Waals surface area contributed by atoms with Crippen molar-refractivity contribution < 1.29 is 24.0 Å². The van der Waals surface area contributed by atoms with E-state index in [1.165, 1.54) is 25.3 Å². The number of rotatable bonds is 8. The summed E-state index contributed by atoms with van der Waals surface area (Å²) in [6, 6.07) is 9.00. The van der Waals surface area contributed by atoms with Gasteiger partial charge in [-0.15, -0.1) is 0 Å². The number of nitrogens with zero attached hydrogens (tertiary/aromatic N) is 2. The van der Waals surface area contributed by atoms with Crippen LogP contribution in [0.25, 0.3) is 0 Å². The first-order chi connectivity index (χ1) is 15.3. The van der Waals surface area contributed by atoms with E-state index in [9.17, 15) is 19.7 Å². The Labute approximate surface area is 185 Å². The average Bonchev–Trinajstić information content (AvgIpc) is 2.77.